The minimum Gasteiger partial charge on any atom is -0.280 e. The largest absolute Gasteiger partial charge is 0.280 e. The summed E-state index contributed by atoms with van der Waals surface area (Å²) in [7, 11) is -3.80. The van der Waals surface area contributed by atoms with Gasteiger partial charge in [0, 0.05) is 29.7 Å². The highest BCUT2D eigenvalue weighted by molar-refractivity contribution is 7.92. The molecule has 6 nitrogen and oxygen atoms in total. The zero-order valence-electron chi connectivity index (χ0n) is 13.8. The zero-order valence-corrected chi connectivity index (χ0v) is 15.4. The Balaban J connectivity index is 1.85. The molecule has 0 saturated heterocycles. The molecule has 0 fully saturated rings. The number of nitrogens with zero attached hydrogens (tertiary/aromatic N) is 1. The molecule has 0 unspecified atom stereocenters. The number of pyridine rings is 1. The van der Waals surface area contributed by atoms with E-state index in [1.807, 2.05) is 25.1 Å². The van der Waals surface area contributed by atoms with Gasteiger partial charge < -0.3 is 0 Å². The van der Waals surface area contributed by atoms with Gasteiger partial charge in [0.1, 0.15) is 5.02 Å². The third kappa shape index (κ3) is 3.86. The first kappa shape index (κ1) is 18.3. The Kier molecular flexibility index (Phi) is 5.24. The number of nitrogens with two attached hydrogens (primary N) is 1. The number of hydrogen-bond acceptors (Lipinski definition) is 4. The summed E-state index contributed by atoms with van der Waals surface area (Å²) >= 11 is 5.88. The van der Waals surface area contributed by atoms with Crippen molar-refractivity contribution >= 4 is 33.0 Å². The summed E-state index contributed by atoms with van der Waals surface area (Å²) in [6, 6.07) is 13.1. The number of rotatable bonds is 5. The number of aromatic nitrogens is 1. The van der Waals surface area contributed by atoms with Crippen molar-refractivity contribution in [3.8, 4) is 11.1 Å². The zero-order chi connectivity index (χ0) is 18.7. The van der Waals surface area contributed by atoms with Gasteiger partial charge in [-0.25, -0.2) is 13.6 Å². The summed E-state index contributed by atoms with van der Waals surface area (Å²) in [5, 5.41) is 9.40. The molecular formula is C18H17ClN3O3S+. The third-order valence-electron chi connectivity index (χ3n) is 3.90. The molecule has 134 valence electrons. The van der Waals surface area contributed by atoms with E-state index in [0.29, 0.717) is 5.69 Å². The molecule has 1 aromatic heterocycles. The molecule has 8 heteroatoms. The van der Waals surface area contributed by atoms with E-state index in [4.69, 9.17) is 16.8 Å². The fourth-order valence-electron chi connectivity index (χ4n) is 2.49. The maximum Gasteiger partial charge on any atom is 0.262 e. The average Bonchev–Trinajstić information content (AvgIpc) is 2.63. The normalized spacial score (nSPS) is 11.3. The second-order valence-corrected chi connectivity index (χ2v) is 7.78. The lowest BCUT2D eigenvalue weighted by molar-refractivity contribution is -0.825. The fourth-order valence-corrected chi connectivity index (χ4v) is 3.75. The molecule has 3 rings (SSSR count). The number of anilines is 1. The van der Waals surface area contributed by atoms with Gasteiger partial charge in [-0.3, -0.25) is 9.71 Å². The fraction of sp³-hybridized carbons (Fsp3) is 0.0556. The number of quaternary nitrogens is 1. The standard InChI is InChI=1S/C18H16ClN3O3S/c1-12-8-9-20-11-16(12)13-2-4-14(5-3-13)22-26(24,25)15-6-7-17(19)18(10-15)21-23/h2-11,21-23H,1H3/p+1. The van der Waals surface area contributed by atoms with E-state index in [0.717, 1.165) is 22.2 Å². The van der Waals surface area contributed by atoms with Crippen LogP contribution in [-0.4, -0.2) is 18.6 Å². The third-order valence-corrected chi connectivity index (χ3v) is 5.63. The Labute approximate surface area is 156 Å². The van der Waals surface area contributed by atoms with E-state index in [-0.39, 0.29) is 15.6 Å². The van der Waals surface area contributed by atoms with Gasteiger partial charge in [-0.1, -0.05) is 23.7 Å². The maximum atomic E-state index is 12.5. The Bertz CT molecular complexity index is 1040. The van der Waals surface area contributed by atoms with Crippen LogP contribution in [0.3, 0.4) is 0 Å². The highest BCUT2D eigenvalue weighted by atomic mass is 35.5. The molecule has 0 aliphatic rings. The minimum absolute atomic E-state index is 0.00869. The van der Waals surface area contributed by atoms with Gasteiger partial charge in [0.15, 0.2) is 5.69 Å². The van der Waals surface area contributed by atoms with Gasteiger partial charge in [0.05, 0.1) is 4.90 Å². The van der Waals surface area contributed by atoms with Crippen molar-refractivity contribution in [2.75, 3.05) is 4.72 Å². The lowest BCUT2D eigenvalue weighted by Gasteiger charge is -2.10. The first-order chi connectivity index (χ1) is 12.4. The van der Waals surface area contributed by atoms with Crippen LogP contribution >= 0.6 is 11.6 Å². The molecular weight excluding hydrogens is 374 g/mol. The van der Waals surface area contributed by atoms with Gasteiger partial charge in [-0.05, 0) is 48.4 Å². The molecule has 26 heavy (non-hydrogen) atoms. The van der Waals surface area contributed by atoms with Gasteiger partial charge in [0.2, 0.25) is 0 Å². The van der Waals surface area contributed by atoms with Crippen LogP contribution in [0, 0.1) is 6.92 Å². The van der Waals surface area contributed by atoms with Gasteiger partial charge >= 0.3 is 0 Å². The van der Waals surface area contributed by atoms with Crippen LogP contribution in [0.5, 0.6) is 0 Å². The van der Waals surface area contributed by atoms with Crippen molar-refractivity contribution in [2.24, 2.45) is 0 Å². The molecule has 0 bridgehead atoms. The minimum atomic E-state index is -3.80. The molecule has 0 aliphatic heterocycles. The van der Waals surface area contributed by atoms with E-state index in [1.54, 1.807) is 24.5 Å². The summed E-state index contributed by atoms with van der Waals surface area (Å²) in [6.07, 6.45) is 3.50. The topological polar surface area (TPSA) is 95.9 Å². The SMILES string of the molecule is Cc1ccncc1-c1ccc(NS(=O)(=O)c2ccc(Cl)c([NH2+]O)c2)cc1. The van der Waals surface area contributed by atoms with Gasteiger partial charge in [0.25, 0.3) is 10.0 Å². The number of halogens is 1. The Morgan fingerprint density at radius 2 is 1.85 bits per heavy atom. The lowest BCUT2D eigenvalue weighted by atomic mass is 10.0. The molecule has 0 atom stereocenters. The van der Waals surface area contributed by atoms with Crippen molar-refractivity contribution in [2.45, 2.75) is 11.8 Å². The Morgan fingerprint density at radius 1 is 1.12 bits per heavy atom. The predicted octanol–water partition coefficient (Wildman–Crippen LogP) is 3.10. The number of hydrogen-bond donors (Lipinski definition) is 3. The molecule has 4 N–H and O–H groups in total. The summed E-state index contributed by atoms with van der Waals surface area (Å²) in [4.78, 5) is 4.13. The monoisotopic (exact) mass is 390 g/mol. The molecule has 2 aromatic carbocycles. The predicted molar refractivity (Wildman–Crippen MR) is 100 cm³/mol. The maximum absolute atomic E-state index is 12.5. The molecule has 0 saturated carbocycles. The van der Waals surface area contributed by atoms with Crippen molar-refractivity contribution in [3.63, 3.8) is 0 Å². The lowest BCUT2D eigenvalue weighted by Crippen LogP contribution is -2.73. The van der Waals surface area contributed by atoms with E-state index in [1.165, 1.54) is 18.2 Å². The summed E-state index contributed by atoms with van der Waals surface area (Å²) in [6.45, 7) is 1.99. The van der Waals surface area contributed by atoms with Crippen LogP contribution in [0.15, 0.2) is 65.8 Å². The van der Waals surface area contributed by atoms with E-state index >= 15 is 0 Å². The summed E-state index contributed by atoms with van der Waals surface area (Å²) in [5.74, 6) is 0. The van der Waals surface area contributed by atoms with Gasteiger partial charge in [-0.2, -0.15) is 5.48 Å². The van der Waals surface area contributed by atoms with Gasteiger partial charge in [-0.15, -0.1) is 0 Å². The first-order valence-corrected chi connectivity index (χ1v) is 9.58. The van der Waals surface area contributed by atoms with Crippen molar-refractivity contribution in [1.29, 1.82) is 0 Å². The van der Waals surface area contributed by atoms with E-state index in [9.17, 15) is 8.42 Å². The van der Waals surface area contributed by atoms with Crippen LogP contribution in [0.4, 0.5) is 11.4 Å². The van der Waals surface area contributed by atoms with Crippen LogP contribution in [0.2, 0.25) is 5.02 Å². The summed E-state index contributed by atoms with van der Waals surface area (Å²) < 4.78 is 27.6. The van der Waals surface area contributed by atoms with Crippen LogP contribution < -0.4 is 10.2 Å². The average molecular weight is 391 g/mol. The van der Waals surface area contributed by atoms with Crippen molar-refractivity contribution in [1.82, 2.24) is 4.98 Å². The molecule has 3 aromatic rings. The molecule has 1 heterocycles. The van der Waals surface area contributed by atoms with E-state index < -0.39 is 10.0 Å². The number of aryl methyl sites for hydroxylation is 1. The van der Waals surface area contributed by atoms with E-state index in [2.05, 4.69) is 9.71 Å². The second-order valence-electron chi connectivity index (χ2n) is 5.69. The highest BCUT2D eigenvalue weighted by Crippen LogP contribution is 2.26. The number of sulfonamides is 1. The van der Waals surface area contributed by atoms with Crippen LogP contribution in [0.1, 0.15) is 5.56 Å². The Morgan fingerprint density at radius 3 is 2.50 bits per heavy atom. The first-order valence-electron chi connectivity index (χ1n) is 7.71. The molecule has 0 amide bonds. The van der Waals surface area contributed by atoms with Crippen LogP contribution in [0.25, 0.3) is 11.1 Å². The second kappa shape index (κ2) is 7.43. The molecule has 0 aliphatic carbocycles. The smallest absolute Gasteiger partial charge is 0.262 e. The molecule has 0 radical (unpaired) electrons. The summed E-state index contributed by atoms with van der Waals surface area (Å²) in [5.41, 5.74) is 4.45. The van der Waals surface area contributed by atoms with Crippen molar-refractivity contribution in [3.05, 3.63) is 71.5 Å². The Hall–Kier alpha value is -2.45. The number of benzene rings is 2. The number of nitrogens with one attached hydrogen (secondary N) is 1. The van der Waals surface area contributed by atoms with Crippen LogP contribution in [-0.2, 0) is 10.0 Å². The van der Waals surface area contributed by atoms with Crippen molar-refractivity contribution < 1.29 is 19.1 Å². The molecule has 0 spiro atoms. The quantitative estimate of drug-likeness (QED) is 0.460. The highest BCUT2D eigenvalue weighted by Gasteiger charge is 2.17.